The first kappa shape index (κ1) is 24.6. The molecule has 0 aromatic heterocycles. The van der Waals surface area contributed by atoms with Gasteiger partial charge >= 0.3 is 11.9 Å². The van der Waals surface area contributed by atoms with Crippen molar-refractivity contribution in [3.63, 3.8) is 0 Å². The number of methoxy groups -OCH3 is 2. The molecule has 0 aliphatic carbocycles. The van der Waals surface area contributed by atoms with Gasteiger partial charge in [0.25, 0.3) is 0 Å². The van der Waals surface area contributed by atoms with Gasteiger partial charge in [0.2, 0.25) is 11.8 Å². The van der Waals surface area contributed by atoms with Gasteiger partial charge in [-0.05, 0) is 12.8 Å². The van der Waals surface area contributed by atoms with Gasteiger partial charge in [0.15, 0.2) is 0 Å². The Kier molecular flexibility index (Phi) is 12.8. The molecule has 10 heteroatoms. The number of rotatable bonds is 2. The molecule has 0 spiro atoms. The minimum atomic E-state index is -0.750. The highest BCUT2D eigenvalue weighted by molar-refractivity contribution is 8.76. The van der Waals surface area contributed by atoms with E-state index >= 15 is 0 Å². The first-order chi connectivity index (χ1) is 13.5. The maximum Gasteiger partial charge on any atom is 0.329 e. The van der Waals surface area contributed by atoms with Crippen molar-refractivity contribution in [3.8, 4) is 0 Å². The summed E-state index contributed by atoms with van der Waals surface area (Å²) in [4.78, 5) is 48.0. The monoisotopic (exact) mass is 434 g/mol. The zero-order chi connectivity index (χ0) is 20.8. The number of hydrogen-bond donors (Lipinski definition) is 2. The van der Waals surface area contributed by atoms with Crippen LogP contribution < -0.4 is 10.6 Å². The average molecular weight is 435 g/mol. The van der Waals surface area contributed by atoms with Crippen molar-refractivity contribution in [2.75, 3.05) is 25.7 Å². The molecule has 2 amide bonds. The largest absolute Gasteiger partial charge is 0.467 e. The topological polar surface area (TPSA) is 111 Å². The summed E-state index contributed by atoms with van der Waals surface area (Å²) in [5.41, 5.74) is 0. The molecule has 0 aromatic carbocycles. The molecule has 28 heavy (non-hydrogen) atoms. The minimum Gasteiger partial charge on any atom is -0.467 e. The lowest BCUT2D eigenvalue weighted by Gasteiger charge is -2.18. The van der Waals surface area contributed by atoms with Crippen LogP contribution in [0.4, 0.5) is 0 Å². The molecule has 2 atom stereocenters. The molecule has 0 saturated carbocycles. The van der Waals surface area contributed by atoms with Crippen LogP contribution in [0.15, 0.2) is 0 Å². The number of amides is 2. The van der Waals surface area contributed by atoms with Crippen LogP contribution in [-0.2, 0) is 28.7 Å². The van der Waals surface area contributed by atoms with E-state index in [4.69, 9.17) is 9.47 Å². The quantitative estimate of drug-likeness (QED) is 0.500. The highest BCUT2D eigenvalue weighted by Crippen LogP contribution is 2.24. The van der Waals surface area contributed by atoms with Gasteiger partial charge in [-0.25, -0.2) is 9.59 Å². The van der Waals surface area contributed by atoms with E-state index in [0.29, 0.717) is 24.3 Å². The summed E-state index contributed by atoms with van der Waals surface area (Å²) in [5, 5.41) is 5.43. The third-order valence-corrected chi connectivity index (χ3v) is 6.67. The fourth-order valence-electron chi connectivity index (χ4n) is 2.67. The van der Waals surface area contributed by atoms with E-state index in [0.717, 1.165) is 38.5 Å². The van der Waals surface area contributed by atoms with Crippen molar-refractivity contribution in [2.24, 2.45) is 0 Å². The number of hydrogen-bond acceptors (Lipinski definition) is 8. The molecule has 1 aliphatic rings. The molecule has 1 fully saturated rings. The lowest BCUT2D eigenvalue weighted by Crippen LogP contribution is -2.44. The Labute approximate surface area is 174 Å². The third kappa shape index (κ3) is 10.2. The maximum absolute atomic E-state index is 12.1. The molecule has 0 radical (unpaired) electrons. The van der Waals surface area contributed by atoms with Crippen LogP contribution in [0, 0.1) is 0 Å². The summed E-state index contributed by atoms with van der Waals surface area (Å²) < 4.78 is 9.51. The molecule has 1 aliphatic heterocycles. The molecule has 0 unspecified atom stereocenters. The number of carbonyl (C=O) groups is 4. The van der Waals surface area contributed by atoms with E-state index in [-0.39, 0.29) is 11.8 Å². The normalized spacial score (nSPS) is 24.1. The second kappa shape index (κ2) is 14.6. The van der Waals surface area contributed by atoms with Gasteiger partial charge in [-0.15, -0.1) is 0 Å². The fourth-order valence-corrected chi connectivity index (χ4v) is 4.96. The number of nitrogens with one attached hydrogen (secondary N) is 2. The van der Waals surface area contributed by atoms with E-state index in [2.05, 4.69) is 10.6 Å². The van der Waals surface area contributed by atoms with E-state index < -0.39 is 24.0 Å². The van der Waals surface area contributed by atoms with Crippen LogP contribution in [-0.4, -0.2) is 61.6 Å². The number of esters is 2. The Balaban J connectivity index is 2.70. The molecule has 0 aromatic rings. The number of ether oxygens (including phenoxy) is 2. The van der Waals surface area contributed by atoms with Crippen molar-refractivity contribution in [1.29, 1.82) is 0 Å². The van der Waals surface area contributed by atoms with Crippen molar-refractivity contribution in [1.82, 2.24) is 10.6 Å². The Hall–Kier alpha value is -1.42. The highest BCUT2D eigenvalue weighted by atomic mass is 33.1. The van der Waals surface area contributed by atoms with E-state index in [1.165, 1.54) is 35.8 Å². The maximum atomic E-state index is 12.1. The van der Waals surface area contributed by atoms with Crippen LogP contribution in [0.5, 0.6) is 0 Å². The Morgan fingerprint density at radius 2 is 1.11 bits per heavy atom. The lowest BCUT2D eigenvalue weighted by molar-refractivity contribution is -0.144. The predicted molar refractivity (Wildman–Crippen MR) is 110 cm³/mol. The Morgan fingerprint density at radius 1 is 0.750 bits per heavy atom. The molecule has 1 rings (SSSR count). The van der Waals surface area contributed by atoms with Crippen molar-refractivity contribution >= 4 is 45.3 Å². The molecule has 8 nitrogen and oxygen atoms in total. The average Bonchev–Trinajstić information content (AvgIpc) is 2.69. The number of carbonyl (C=O) groups excluding carboxylic acids is 4. The van der Waals surface area contributed by atoms with Gasteiger partial charge in [0.05, 0.1) is 14.2 Å². The molecular formula is C18H30N2O6S2. The van der Waals surface area contributed by atoms with Crippen LogP contribution >= 0.6 is 21.6 Å². The van der Waals surface area contributed by atoms with Gasteiger partial charge < -0.3 is 20.1 Å². The SMILES string of the molecule is COC(=O)[C@@H]1CSSC[C@@H](C(=O)OC)NC(=O)CCCCCCCCC(=O)N1. The summed E-state index contributed by atoms with van der Waals surface area (Å²) in [5.74, 6) is -0.749. The van der Waals surface area contributed by atoms with Gasteiger partial charge in [0.1, 0.15) is 12.1 Å². The summed E-state index contributed by atoms with van der Waals surface area (Å²) in [6.45, 7) is 0. The molecule has 160 valence electrons. The molecule has 0 bridgehead atoms. The second-order valence-corrected chi connectivity index (χ2v) is 9.03. The van der Waals surface area contributed by atoms with Crippen molar-refractivity contribution < 1.29 is 28.7 Å². The van der Waals surface area contributed by atoms with Gasteiger partial charge in [-0.1, -0.05) is 47.3 Å². The van der Waals surface area contributed by atoms with Crippen molar-refractivity contribution in [2.45, 2.75) is 63.5 Å². The highest BCUT2D eigenvalue weighted by Gasteiger charge is 2.24. The van der Waals surface area contributed by atoms with Crippen molar-refractivity contribution in [3.05, 3.63) is 0 Å². The zero-order valence-corrected chi connectivity index (χ0v) is 18.1. The Morgan fingerprint density at radius 3 is 1.46 bits per heavy atom. The molecule has 1 saturated heterocycles. The van der Waals surface area contributed by atoms with Crippen LogP contribution in [0.3, 0.4) is 0 Å². The summed E-state index contributed by atoms with van der Waals surface area (Å²) in [6, 6.07) is -1.50. The van der Waals surface area contributed by atoms with E-state index in [9.17, 15) is 19.2 Å². The standard InChI is InChI=1S/C18H30N2O6S2/c1-25-17(23)13-11-27-28-12-14(18(24)26-2)20-16(22)10-8-6-4-3-5-7-9-15(21)19-13/h13-14H,3-12H2,1-2H3,(H,19,21)(H,20,22)/t13-,14-/m0/s1. The lowest BCUT2D eigenvalue weighted by atomic mass is 10.1. The summed E-state index contributed by atoms with van der Waals surface area (Å²) in [6.07, 6.45) is 6.12. The van der Waals surface area contributed by atoms with Crippen LogP contribution in [0.2, 0.25) is 0 Å². The third-order valence-electron chi connectivity index (χ3n) is 4.25. The van der Waals surface area contributed by atoms with Crippen LogP contribution in [0.1, 0.15) is 51.4 Å². The fraction of sp³-hybridized carbons (Fsp3) is 0.778. The first-order valence-corrected chi connectivity index (χ1v) is 12.0. The van der Waals surface area contributed by atoms with Crippen LogP contribution in [0.25, 0.3) is 0 Å². The molecule has 2 N–H and O–H groups in total. The van der Waals surface area contributed by atoms with E-state index in [1.807, 2.05) is 0 Å². The van der Waals surface area contributed by atoms with Gasteiger partial charge in [-0.2, -0.15) is 0 Å². The van der Waals surface area contributed by atoms with Gasteiger partial charge in [0, 0.05) is 24.3 Å². The Bertz CT molecular complexity index is 486. The molecule has 1 heterocycles. The first-order valence-electron chi connectivity index (χ1n) is 9.46. The second-order valence-electron chi connectivity index (χ2n) is 6.48. The minimum absolute atomic E-state index is 0.165. The van der Waals surface area contributed by atoms with Gasteiger partial charge in [-0.3, -0.25) is 9.59 Å². The smallest absolute Gasteiger partial charge is 0.329 e. The van der Waals surface area contributed by atoms with E-state index in [1.54, 1.807) is 0 Å². The molecular weight excluding hydrogens is 404 g/mol. The summed E-state index contributed by atoms with van der Waals surface area (Å²) in [7, 11) is 5.21. The predicted octanol–water partition coefficient (Wildman–Crippen LogP) is 1.82. The summed E-state index contributed by atoms with van der Waals surface area (Å²) >= 11 is 0. The zero-order valence-electron chi connectivity index (χ0n) is 16.5.